The van der Waals surface area contributed by atoms with Crippen molar-refractivity contribution in [3.8, 4) is 5.75 Å². The lowest BCUT2D eigenvalue weighted by Gasteiger charge is -2.39. The van der Waals surface area contributed by atoms with E-state index in [4.69, 9.17) is 15.2 Å². The van der Waals surface area contributed by atoms with Gasteiger partial charge in [-0.3, -0.25) is 0 Å². The second-order valence-corrected chi connectivity index (χ2v) is 6.85. The van der Waals surface area contributed by atoms with Gasteiger partial charge in [0.05, 0.1) is 6.61 Å². The van der Waals surface area contributed by atoms with Crippen LogP contribution in [0.3, 0.4) is 0 Å². The van der Waals surface area contributed by atoms with E-state index in [-0.39, 0.29) is 6.09 Å². The molecule has 22 heavy (non-hydrogen) atoms. The molecule has 0 aliphatic carbocycles. The van der Waals surface area contributed by atoms with Crippen molar-refractivity contribution >= 4 is 6.09 Å². The first-order chi connectivity index (χ1) is 10.3. The van der Waals surface area contributed by atoms with Gasteiger partial charge in [0, 0.05) is 25.6 Å². The number of carbonyl (C=O) groups is 1. The largest absolute Gasteiger partial charge is 0.493 e. The highest BCUT2D eigenvalue weighted by molar-refractivity contribution is 5.69. The van der Waals surface area contributed by atoms with Crippen molar-refractivity contribution < 1.29 is 14.3 Å². The Morgan fingerprint density at radius 2 is 2.05 bits per heavy atom. The van der Waals surface area contributed by atoms with Gasteiger partial charge in [0.1, 0.15) is 11.4 Å². The van der Waals surface area contributed by atoms with E-state index in [0.717, 1.165) is 11.3 Å². The van der Waals surface area contributed by atoms with Crippen LogP contribution < -0.4 is 10.5 Å². The fourth-order valence-corrected chi connectivity index (χ4v) is 2.32. The molecule has 1 aliphatic rings. The van der Waals surface area contributed by atoms with Crippen LogP contribution in [-0.2, 0) is 11.3 Å². The first kappa shape index (κ1) is 16.6. The van der Waals surface area contributed by atoms with E-state index in [1.165, 1.54) is 5.56 Å². The van der Waals surface area contributed by atoms with Crippen LogP contribution in [0.15, 0.2) is 18.2 Å². The summed E-state index contributed by atoms with van der Waals surface area (Å²) >= 11 is 0. The SMILES string of the molecule is Cc1ccc(OCC2CN(C(=O)OC(C)(C)C)C2)cc1CN. The van der Waals surface area contributed by atoms with Crippen molar-refractivity contribution in [2.75, 3.05) is 19.7 Å². The zero-order valence-electron chi connectivity index (χ0n) is 13.9. The number of nitrogens with two attached hydrogens (primary N) is 1. The summed E-state index contributed by atoms with van der Waals surface area (Å²) in [6.45, 7) is 10.1. The number of nitrogens with zero attached hydrogens (tertiary/aromatic N) is 1. The first-order valence-corrected chi connectivity index (χ1v) is 7.69. The molecule has 1 saturated heterocycles. The van der Waals surface area contributed by atoms with Crippen LogP contribution in [0.2, 0.25) is 0 Å². The summed E-state index contributed by atoms with van der Waals surface area (Å²) < 4.78 is 11.1. The predicted octanol–water partition coefficient (Wildman–Crippen LogP) is 2.70. The lowest BCUT2D eigenvalue weighted by Crippen LogP contribution is -2.53. The molecular weight excluding hydrogens is 280 g/mol. The Balaban J connectivity index is 1.75. The summed E-state index contributed by atoms with van der Waals surface area (Å²) in [4.78, 5) is 13.5. The topological polar surface area (TPSA) is 64.8 Å². The molecule has 1 fully saturated rings. The van der Waals surface area contributed by atoms with Gasteiger partial charge in [-0.2, -0.15) is 0 Å². The summed E-state index contributed by atoms with van der Waals surface area (Å²) in [5.41, 5.74) is 7.53. The Morgan fingerprint density at radius 1 is 1.36 bits per heavy atom. The summed E-state index contributed by atoms with van der Waals surface area (Å²) in [5, 5.41) is 0. The number of likely N-dealkylation sites (tertiary alicyclic amines) is 1. The Labute approximate surface area is 132 Å². The Hall–Kier alpha value is -1.75. The molecule has 2 rings (SSSR count). The molecule has 0 unspecified atom stereocenters. The number of amides is 1. The third-order valence-corrected chi connectivity index (χ3v) is 3.64. The van der Waals surface area contributed by atoms with Crippen LogP contribution in [0.4, 0.5) is 4.79 Å². The third-order valence-electron chi connectivity index (χ3n) is 3.64. The van der Waals surface area contributed by atoms with Crippen molar-refractivity contribution in [1.29, 1.82) is 0 Å². The molecule has 1 aromatic carbocycles. The molecule has 0 bridgehead atoms. The minimum Gasteiger partial charge on any atom is -0.493 e. The molecule has 1 amide bonds. The van der Waals surface area contributed by atoms with E-state index >= 15 is 0 Å². The van der Waals surface area contributed by atoms with Crippen molar-refractivity contribution in [1.82, 2.24) is 4.90 Å². The molecule has 0 aromatic heterocycles. The number of hydrogen-bond donors (Lipinski definition) is 1. The minimum absolute atomic E-state index is 0.246. The Kier molecular flexibility index (Phi) is 4.96. The monoisotopic (exact) mass is 306 g/mol. The molecule has 1 aliphatic heterocycles. The van der Waals surface area contributed by atoms with Gasteiger partial charge in [0.25, 0.3) is 0 Å². The van der Waals surface area contributed by atoms with E-state index in [1.54, 1.807) is 4.90 Å². The zero-order chi connectivity index (χ0) is 16.3. The second-order valence-electron chi connectivity index (χ2n) is 6.85. The van der Waals surface area contributed by atoms with Gasteiger partial charge in [-0.05, 0) is 51.0 Å². The van der Waals surface area contributed by atoms with E-state index in [2.05, 4.69) is 0 Å². The average molecular weight is 306 g/mol. The number of benzene rings is 1. The number of hydrogen-bond acceptors (Lipinski definition) is 4. The van der Waals surface area contributed by atoms with Crippen LogP contribution >= 0.6 is 0 Å². The fourth-order valence-electron chi connectivity index (χ4n) is 2.32. The Bertz CT molecular complexity index is 531. The molecule has 0 saturated carbocycles. The van der Waals surface area contributed by atoms with Crippen LogP contribution in [0.5, 0.6) is 5.75 Å². The van der Waals surface area contributed by atoms with E-state index in [9.17, 15) is 4.79 Å². The Morgan fingerprint density at radius 3 is 2.64 bits per heavy atom. The minimum atomic E-state index is -0.445. The number of rotatable bonds is 4. The lowest BCUT2D eigenvalue weighted by molar-refractivity contribution is -0.00781. The van der Waals surface area contributed by atoms with Gasteiger partial charge in [0.2, 0.25) is 0 Å². The van der Waals surface area contributed by atoms with Gasteiger partial charge in [-0.15, -0.1) is 0 Å². The molecule has 5 nitrogen and oxygen atoms in total. The van der Waals surface area contributed by atoms with E-state index in [0.29, 0.717) is 32.2 Å². The summed E-state index contributed by atoms with van der Waals surface area (Å²) in [6.07, 6.45) is -0.246. The predicted molar refractivity (Wildman–Crippen MR) is 85.9 cm³/mol. The van der Waals surface area contributed by atoms with Gasteiger partial charge in [-0.1, -0.05) is 6.07 Å². The highest BCUT2D eigenvalue weighted by Crippen LogP contribution is 2.22. The molecule has 5 heteroatoms. The van der Waals surface area contributed by atoms with Gasteiger partial charge < -0.3 is 20.1 Å². The average Bonchev–Trinajstić information content (AvgIpc) is 2.36. The van der Waals surface area contributed by atoms with Gasteiger partial charge in [-0.25, -0.2) is 4.79 Å². The highest BCUT2D eigenvalue weighted by atomic mass is 16.6. The van der Waals surface area contributed by atoms with Crippen LogP contribution in [0.25, 0.3) is 0 Å². The second kappa shape index (κ2) is 6.57. The highest BCUT2D eigenvalue weighted by Gasteiger charge is 2.33. The van der Waals surface area contributed by atoms with Crippen LogP contribution in [-0.4, -0.2) is 36.3 Å². The van der Waals surface area contributed by atoms with Gasteiger partial charge >= 0.3 is 6.09 Å². The van der Waals surface area contributed by atoms with Gasteiger partial charge in [0.15, 0.2) is 0 Å². The third kappa shape index (κ3) is 4.37. The fraction of sp³-hybridized carbons (Fsp3) is 0.588. The van der Waals surface area contributed by atoms with E-state index in [1.807, 2.05) is 45.9 Å². The number of aryl methyl sites for hydroxylation is 1. The molecule has 0 spiro atoms. The summed E-state index contributed by atoms with van der Waals surface area (Å²) in [5.74, 6) is 1.19. The van der Waals surface area contributed by atoms with Crippen LogP contribution in [0.1, 0.15) is 31.9 Å². The molecule has 122 valence electrons. The summed E-state index contributed by atoms with van der Waals surface area (Å²) in [7, 11) is 0. The normalized spacial score (nSPS) is 15.4. The molecular formula is C17H26N2O3. The molecule has 2 N–H and O–H groups in total. The lowest BCUT2D eigenvalue weighted by atomic mass is 10.0. The molecule has 0 radical (unpaired) electrons. The number of ether oxygens (including phenoxy) is 2. The smallest absolute Gasteiger partial charge is 0.410 e. The molecule has 1 aromatic rings. The maximum absolute atomic E-state index is 11.8. The van der Waals surface area contributed by atoms with E-state index < -0.39 is 5.60 Å². The van der Waals surface area contributed by atoms with Crippen molar-refractivity contribution in [2.24, 2.45) is 11.7 Å². The van der Waals surface area contributed by atoms with Crippen molar-refractivity contribution in [3.63, 3.8) is 0 Å². The molecule has 1 heterocycles. The van der Waals surface area contributed by atoms with Crippen LogP contribution in [0, 0.1) is 12.8 Å². The van der Waals surface area contributed by atoms with Crippen molar-refractivity contribution in [3.05, 3.63) is 29.3 Å². The number of carbonyl (C=O) groups excluding carboxylic acids is 1. The quantitative estimate of drug-likeness (QED) is 0.929. The maximum Gasteiger partial charge on any atom is 0.410 e. The standard InChI is InChI=1S/C17H26N2O3/c1-12-5-6-15(7-14(12)8-18)21-11-13-9-19(10-13)16(20)22-17(2,3)4/h5-7,13H,8-11,18H2,1-4H3. The maximum atomic E-state index is 11.8. The molecule has 0 atom stereocenters. The zero-order valence-corrected chi connectivity index (χ0v) is 13.9. The van der Waals surface area contributed by atoms with Crippen molar-refractivity contribution in [2.45, 2.75) is 39.8 Å². The summed E-state index contributed by atoms with van der Waals surface area (Å²) in [6, 6.07) is 5.96. The first-order valence-electron chi connectivity index (χ1n) is 7.69.